The first-order valence-corrected chi connectivity index (χ1v) is 12.2. The molecule has 2 aromatic heterocycles. The molecule has 38 heavy (non-hydrogen) atoms. The molecule has 1 saturated heterocycles. The van der Waals surface area contributed by atoms with Gasteiger partial charge in [0.2, 0.25) is 0 Å². The van der Waals surface area contributed by atoms with Gasteiger partial charge >= 0.3 is 6.09 Å². The van der Waals surface area contributed by atoms with Crippen molar-refractivity contribution >= 4 is 22.9 Å². The maximum atomic E-state index is 13.6. The molecule has 3 heterocycles. The highest BCUT2D eigenvalue weighted by Crippen LogP contribution is 2.21. The van der Waals surface area contributed by atoms with E-state index in [-0.39, 0.29) is 23.1 Å². The molecule has 0 bridgehead atoms. The Morgan fingerprint density at radius 1 is 1.13 bits per heavy atom. The number of aromatic nitrogens is 4. The third kappa shape index (κ3) is 5.41. The number of benzene rings is 2. The van der Waals surface area contributed by atoms with Gasteiger partial charge in [0.05, 0.1) is 23.5 Å². The summed E-state index contributed by atoms with van der Waals surface area (Å²) in [5.41, 5.74) is 1.33. The molecular formula is C27H27FN6O4. The van der Waals surface area contributed by atoms with Crippen LogP contribution in [-0.2, 0) is 4.74 Å². The largest absolute Gasteiger partial charge is 0.444 e. The van der Waals surface area contributed by atoms with Gasteiger partial charge in [-0.2, -0.15) is 0 Å². The van der Waals surface area contributed by atoms with Gasteiger partial charge in [-0.25, -0.2) is 13.9 Å². The smallest absolute Gasteiger partial charge is 0.407 e. The van der Waals surface area contributed by atoms with Gasteiger partial charge in [0, 0.05) is 29.6 Å². The third-order valence-electron chi connectivity index (χ3n) is 6.15. The van der Waals surface area contributed by atoms with Gasteiger partial charge in [0.15, 0.2) is 0 Å². The Balaban J connectivity index is 1.26. The zero-order chi connectivity index (χ0) is 27.0. The zero-order valence-corrected chi connectivity index (χ0v) is 21.2. The lowest BCUT2D eigenvalue weighted by Gasteiger charge is -2.22. The highest BCUT2D eigenvalue weighted by Gasteiger charge is 2.29. The molecule has 196 valence electrons. The minimum absolute atomic E-state index is 0.140. The van der Waals surface area contributed by atoms with E-state index in [0.29, 0.717) is 47.4 Å². The maximum Gasteiger partial charge on any atom is 0.407 e. The van der Waals surface area contributed by atoms with Gasteiger partial charge in [0.25, 0.3) is 11.5 Å². The van der Waals surface area contributed by atoms with Crippen molar-refractivity contribution in [2.24, 2.45) is 0 Å². The number of carbonyl (C=O) groups is 2. The van der Waals surface area contributed by atoms with Crippen molar-refractivity contribution in [2.75, 3.05) is 13.1 Å². The minimum Gasteiger partial charge on any atom is -0.444 e. The Hall–Kier alpha value is -4.54. The van der Waals surface area contributed by atoms with Gasteiger partial charge in [-0.15, -0.1) is 5.10 Å². The number of nitrogens with one attached hydrogen (secondary N) is 2. The summed E-state index contributed by atoms with van der Waals surface area (Å²) in [7, 11) is 0. The molecule has 0 spiro atoms. The first-order chi connectivity index (χ1) is 18.1. The number of hydrogen-bond acceptors (Lipinski definition) is 6. The van der Waals surface area contributed by atoms with Crippen molar-refractivity contribution in [3.05, 3.63) is 76.5 Å². The van der Waals surface area contributed by atoms with Crippen LogP contribution in [0, 0.1) is 5.82 Å². The monoisotopic (exact) mass is 518 g/mol. The van der Waals surface area contributed by atoms with Gasteiger partial charge in [0.1, 0.15) is 17.1 Å². The van der Waals surface area contributed by atoms with Crippen LogP contribution in [0.3, 0.4) is 0 Å². The van der Waals surface area contributed by atoms with E-state index in [1.165, 1.54) is 22.9 Å². The summed E-state index contributed by atoms with van der Waals surface area (Å²) in [5, 5.41) is 11.6. The Labute approximate surface area is 217 Å². The highest BCUT2D eigenvalue weighted by molar-refractivity contribution is 5.94. The van der Waals surface area contributed by atoms with Crippen LogP contribution in [0.15, 0.2) is 59.5 Å². The SMILES string of the molecule is CC(C)(C)OC(=O)N[C@@H]1CCN(C(=O)c2ccc(-n3cc(-c4cc5cc(F)ccc5[nH]c4=O)nn3)cc2)C1. The second kappa shape index (κ2) is 9.73. The number of hydrogen-bond donors (Lipinski definition) is 2. The first kappa shape index (κ1) is 25.1. The molecular weight excluding hydrogens is 491 g/mol. The van der Waals surface area contributed by atoms with Crippen LogP contribution in [0.1, 0.15) is 37.6 Å². The van der Waals surface area contributed by atoms with E-state index in [1.54, 1.807) is 62.2 Å². The molecule has 5 rings (SSSR count). The molecule has 2 N–H and O–H groups in total. The summed E-state index contributed by atoms with van der Waals surface area (Å²) in [6.45, 7) is 6.32. The summed E-state index contributed by atoms with van der Waals surface area (Å²) in [6.07, 6.45) is 1.75. The lowest BCUT2D eigenvalue weighted by Crippen LogP contribution is -2.41. The molecule has 11 heteroatoms. The molecule has 2 amide bonds. The van der Waals surface area contributed by atoms with Crippen LogP contribution < -0.4 is 10.9 Å². The number of aromatic amines is 1. The van der Waals surface area contributed by atoms with E-state index in [9.17, 15) is 18.8 Å². The van der Waals surface area contributed by atoms with E-state index >= 15 is 0 Å². The molecule has 2 aromatic carbocycles. The van der Waals surface area contributed by atoms with Crippen LogP contribution in [0.4, 0.5) is 9.18 Å². The second-order valence-corrected chi connectivity index (χ2v) is 10.2. The quantitative estimate of drug-likeness (QED) is 0.425. The Bertz CT molecular complexity index is 1570. The number of alkyl carbamates (subject to hydrolysis) is 1. The van der Waals surface area contributed by atoms with Crippen molar-refractivity contribution < 1.29 is 18.7 Å². The first-order valence-electron chi connectivity index (χ1n) is 12.2. The molecule has 1 atom stereocenters. The lowest BCUT2D eigenvalue weighted by molar-refractivity contribution is 0.0502. The summed E-state index contributed by atoms with van der Waals surface area (Å²) in [4.78, 5) is 42.0. The summed E-state index contributed by atoms with van der Waals surface area (Å²) < 4.78 is 20.4. The lowest BCUT2D eigenvalue weighted by atomic mass is 10.1. The molecule has 10 nitrogen and oxygen atoms in total. The second-order valence-electron chi connectivity index (χ2n) is 10.2. The van der Waals surface area contributed by atoms with Crippen LogP contribution >= 0.6 is 0 Å². The minimum atomic E-state index is -0.588. The summed E-state index contributed by atoms with van der Waals surface area (Å²) in [5.74, 6) is -0.545. The molecule has 1 aliphatic heterocycles. The molecule has 4 aromatic rings. The summed E-state index contributed by atoms with van der Waals surface area (Å²) in [6, 6.07) is 12.4. The molecule has 1 aliphatic rings. The van der Waals surface area contributed by atoms with E-state index in [1.807, 2.05) is 0 Å². The number of amides is 2. The van der Waals surface area contributed by atoms with Crippen molar-refractivity contribution in [3.8, 4) is 16.9 Å². The predicted molar refractivity (Wildman–Crippen MR) is 139 cm³/mol. The van der Waals surface area contributed by atoms with Gasteiger partial charge in [-0.1, -0.05) is 5.21 Å². The number of likely N-dealkylation sites (tertiary alicyclic amines) is 1. The van der Waals surface area contributed by atoms with Gasteiger partial charge in [-0.05, 0) is 75.7 Å². The van der Waals surface area contributed by atoms with Crippen LogP contribution in [-0.4, -0.2) is 61.6 Å². The van der Waals surface area contributed by atoms with Gasteiger partial charge in [-0.3, -0.25) is 9.59 Å². The number of carbonyl (C=O) groups excluding carboxylic acids is 2. The van der Waals surface area contributed by atoms with Gasteiger partial charge < -0.3 is 19.9 Å². The molecule has 0 radical (unpaired) electrons. The van der Waals surface area contributed by atoms with Crippen LogP contribution in [0.25, 0.3) is 27.8 Å². The topological polar surface area (TPSA) is 122 Å². The highest BCUT2D eigenvalue weighted by atomic mass is 19.1. The predicted octanol–water partition coefficient (Wildman–Crippen LogP) is 3.65. The average Bonchev–Trinajstić information content (AvgIpc) is 3.52. The fourth-order valence-electron chi connectivity index (χ4n) is 4.36. The zero-order valence-electron chi connectivity index (χ0n) is 21.2. The number of rotatable bonds is 4. The van der Waals surface area contributed by atoms with E-state index in [4.69, 9.17) is 4.74 Å². The Kier molecular flexibility index (Phi) is 6.43. The number of pyridine rings is 1. The number of ether oxygens (including phenoxy) is 1. The van der Waals surface area contributed by atoms with Crippen LogP contribution in [0.2, 0.25) is 0 Å². The maximum absolute atomic E-state index is 13.6. The van der Waals surface area contributed by atoms with Crippen molar-refractivity contribution in [2.45, 2.75) is 38.8 Å². The molecule has 0 aliphatic carbocycles. The van der Waals surface area contributed by atoms with Crippen molar-refractivity contribution in [1.29, 1.82) is 0 Å². The molecule has 0 saturated carbocycles. The van der Waals surface area contributed by atoms with E-state index in [0.717, 1.165) is 0 Å². The van der Waals surface area contributed by atoms with Crippen molar-refractivity contribution in [1.82, 2.24) is 30.2 Å². The number of halogens is 1. The fourth-order valence-corrected chi connectivity index (χ4v) is 4.36. The molecule has 1 fully saturated rings. The standard InChI is InChI=1S/C27H27FN6O4/c1-27(2,3)38-26(37)29-19-10-11-33(14-19)25(36)16-4-7-20(8-5-16)34-15-23(31-32-34)21-13-17-12-18(28)6-9-22(17)30-24(21)35/h4-9,12-13,15,19H,10-11,14H2,1-3H3,(H,29,37)(H,30,35)/t19-/m1/s1. The fraction of sp³-hybridized carbons (Fsp3) is 0.296. The van der Waals surface area contributed by atoms with Crippen molar-refractivity contribution in [3.63, 3.8) is 0 Å². The molecule has 0 unspecified atom stereocenters. The third-order valence-corrected chi connectivity index (χ3v) is 6.15. The number of nitrogens with zero attached hydrogens (tertiary/aromatic N) is 4. The van der Waals surface area contributed by atoms with E-state index < -0.39 is 17.5 Å². The normalized spacial score (nSPS) is 15.6. The Morgan fingerprint density at radius 3 is 2.63 bits per heavy atom. The van der Waals surface area contributed by atoms with E-state index in [2.05, 4.69) is 20.6 Å². The average molecular weight is 519 g/mol. The summed E-state index contributed by atoms with van der Waals surface area (Å²) >= 11 is 0. The number of fused-ring (bicyclic) bond motifs is 1. The van der Waals surface area contributed by atoms with Crippen LogP contribution in [0.5, 0.6) is 0 Å². The Morgan fingerprint density at radius 2 is 1.89 bits per heavy atom. The number of H-pyrrole nitrogens is 1.